The van der Waals surface area contributed by atoms with Gasteiger partial charge >= 0.3 is 6.18 Å². The number of amides is 1. The Morgan fingerprint density at radius 2 is 1.79 bits per heavy atom. The molecule has 178 valence electrons. The minimum Gasteiger partial charge on any atom is -0.464 e. The minimum absolute atomic E-state index is 0.0315. The van der Waals surface area contributed by atoms with Crippen molar-refractivity contribution in [2.75, 3.05) is 11.9 Å². The van der Waals surface area contributed by atoms with E-state index in [4.69, 9.17) is 9.83 Å². The molecule has 9 heteroatoms. The average molecular weight is 470 g/mol. The first-order chi connectivity index (χ1) is 16.3. The molecule has 34 heavy (non-hydrogen) atoms. The van der Waals surface area contributed by atoms with Crippen LogP contribution < -0.4 is 5.32 Å². The first-order valence-corrected chi connectivity index (χ1v) is 11.5. The van der Waals surface area contributed by atoms with Crippen LogP contribution in [0.25, 0.3) is 11.0 Å². The van der Waals surface area contributed by atoms with Crippen molar-refractivity contribution in [3.05, 3.63) is 59.6 Å². The number of aromatic nitrogens is 1. The molecule has 1 aromatic carbocycles. The lowest BCUT2D eigenvalue weighted by atomic mass is 9.84. The molecule has 5 rings (SSSR count). The summed E-state index contributed by atoms with van der Waals surface area (Å²) in [6, 6.07) is 8.82. The Kier molecular flexibility index (Phi) is 5.79. The van der Waals surface area contributed by atoms with E-state index in [0.29, 0.717) is 16.5 Å². The Labute approximate surface area is 194 Å². The van der Waals surface area contributed by atoms with Gasteiger partial charge in [-0.2, -0.15) is 13.2 Å². The van der Waals surface area contributed by atoms with Crippen molar-refractivity contribution < 1.29 is 22.4 Å². The van der Waals surface area contributed by atoms with Crippen LogP contribution in [0.5, 0.6) is 0 Å². The predicted octanol–water partition coefficient (Wildman–Crippen LogP) is 5.77. The highest BCUT2D eigenvalue weighted by molar-refractivity contribution is 6.19. The highest BCUT2D eigenvalue weighted by Crippen LogP contribution is 2.35. The third-order valence-corrected chi connectivity index (χ3v) is 6.79. The van der Waals surface area contributed by atoms with Crippen molar-refractivity contribution in [3.8, 4) is 0 Å². The minimum atomic E-state index is -4.46. The summed E-state index contributed by atoms with van der Waals surface area (Å²) >= 11 is 0. The molecule has 2 heterocycles. The van der Waals surface area contributed by atoms with Gasteiger partial charge in [-0.15, -0.1) is 0 Å². The van der Waals surface area contributed by atoms with Gasteiger partial charge in [0.05, 0.1) is 5.71 Å². The number of benzene rings is 1. The van der Waals surface area contributed by atoms with E-state index >= 15 is 0 Å². The topological polar surface area (TPSA) is 82.2 Å². The molecule has 2 saturated carbocycles. The Balaban J connectivity index is 1.50. The van der Waals surface area contributed by atoms with Crippen molar-refractivity contribution in [3.63, 3.8) is 0 Å². The normalized spacial score (nSPS) is 16.7. The van der Waals surface area contributed by atoms with Gasteiger partial charge in [0.25, 0.3) is 5.91 Å². The first kappa shape index (κ1) is 22.4. The number of para-hydroxylation sites is 1. The molecule has 0 unspecified atom stereocenters. The number of rotatable bonds is 7. The van der Waals surface area contributed by atoms with Crippen LogP contribution in [0.15, 0.2) is 47.2 Å². The molecule has 2 aliphatic carbocycles. The molecular formula is C25H25F3N4O2. The molecule has 6 nitrogen and oxygen atoms in total. The number of hydrogen-bond donors (Lipinski definition) is 2. The molecule has 3 aromatic rings. The predicted molar refractivity (Wildman–Crippen MR) is 122 cm³/mol. The van der Waals surface area contributed by atoms with Crippen LogP contribution >= 0.6 is 0 Å². The maximum Gasteiger partial charge on any atom is 0.405 e. The summed E-state index contributed by atoms with van der Waals surface area (Å²) in [5, 5.41) is 11.8. The molecule has 0 aliphatic heterocycles. The molecule has 2 fully saturated rings. The monoisotopic (exact) mass is 470 g/mol. The van der Waals surface area contributed by atoms with Crippen molar-refractivity contribution in [2.45, 2.75) is 56.8 Å². The molecule has 2 aliphatic rings. The van der Waals surface area contributed by atoms with Gasteiger partial charge in [-0.3, -0.25) is 15.2 Å². The molecule has 0 atom stereocenters. The number of halogens is 3. The van der Waals surface area contributed by atoms with E-state index in [1.807, 2.05) is 4.90 Å². The van der Waals surface area contributed by atoms with Crippen LogP contribution in [0, 0.1) is 5.41 Å². The van der Waals surface area contributed by atoms with Gasteiger partial charge in [0.2, 0.25) is 0 Å². The number of anilines is 1. The Hall–Kier alpha value is -3.36. The summed E-state index contributed by atoms with van der Waals surface area (Å²) in [5.74, 6) is -0.253. The van der Waals surface area contributed by atoms with Crippen LogP contribution in [0.3, 0.4) is 0 Å². The van der Waals surface area contributed by atoms with E-state index in [-0.39, 0.29) is 40.6 Å². The van der Waals surface area contributed by atoms with E-state index < -0.39 is 12.7 Å². The van der Waals surface area contributed by atoms with E-state index in [1.54, 1.807) is 24.3 Å². The third-order valence-electron chi connectivity index (χ3n) is 6.79. The summed E-state index contributed by atoms with van der Waals surface area (Å²) in [7, 11) is 0. The third kappa shape index (κ3) is 4.26. The molecular weight excluding hydrogens is 445 g/mol. The molecule has 0 saturated heterocycles. The van der Waals surface area contributed by atoms with E-state index in [0.717, 1.165) is 38.5 Å². The number of carbonyl (C=O) groups is 1. The van der Waals surface area contributed by atoms with Crippen LogP contribution in [-0.4, -0.2) is 46.3 Å². The summed E-state index contributed by atoms with van der Waals surface area (Å²) < 4.78 is 44.6. The van der Waals surface area contributed by atoms with Crippen molar-refractivity contribution in [1.29, 1.82) is 5.41 Å². The Bertz CT molecular complexity index is 1210. The second-order valence-electron chi connectivity index (χ2n) is 8.99. The summed E-state index contributed by atoms with van der Waals surface area (Å²) in [6.07, 6.45) is 4.18. The lowest BCUT2D eigenvalue weighted by Gasteiger charge is -2.46. The Morgan fingerprint density at radius 1 is 1.12 bits per heavy atom. The number of nitrogens with zero attached hydrogens (tertiary/aromatic N) is 2. The van der Waals surface area contributed by atoms with Crippen molar-refractivity contribution >= 4 is 28.3 Å². The second-order valence-corrected chi connectivity index (χ2v) is 8.99. The van der Waals surface area contributed by atoms with Gasteiger partial charge in [0, 0.05) is 40.5 Å². The number of alkyl halides is 3. The zero-order chi connectivity index (χ0) is 23.9. The van der Waals surface area contributed by atoms with E-state index in [1.165, 1.54) is 18.5 Å². The highest BCUT2D eigenvalue weighted by Gasteiger charge is 2.38. The largest absolute Gasteiger partial charge is 0.464 e. The summed E-state index contributed by atoms with van der Waals surface area (Å²) in [6.45, 7) is -1.29. The molecule has 1 amide bonds. The number of furan rings is 1. The number of nitrogens with one attached hydrogen (secondary N) is 2. The molecule has 0 bridgehead atoms. The van der Waals surface area contributed by atoms with Crippen LogP contribution in [0.4, 0.5) is 18.9 Å². The standard InChI is InChI=1S/C25H25F3N4O2/c26-25(27,28)14-31-20-11-21(24(33)32(15-5-3-6-15)16-7-4-8-16)30-12-18(20)23(29)19-13-34-22-10-2-1-9-17(19)22/h1-2,9-13,15-16,29H,3-8,14H2,(H,30,31). The molecule has 2 aromatic heterocycles. The van der Waals surface area contributed by atoms with Gasteiger partial charge in [-0.05, 0) is 50.7 Å². The van der Waals surface area contributed by atoms with Gasteiger partial charge < -0.3 is 14.6 Å². The van der Waals surface area contributed by atoms with Crippen LogP contribution in [-0.2, 0) is 0 Å². The SMILES string of the molecule is N=C(c1cnc(C(=O)N(C2CCC2)C2CCC2)cc1NCC(F)(F)F)c1coc2ccccc12. The lowest BCUT2D eigenvalue weighted by Crippen LogP contribution is -2.52. The van der Waals surface area contributed by atoms with Crippen molar-refractivity contribution in [1.82, 2.24) is 9.88 Å². The fourth-order valence-electron chi connectivity index (χ4n) is 4.52. The highest BCUT2D eigenvalue weighted by atomic mass is 19.4. The van der Waals surface area contributed by atoms with E-state index in [9.17, 15) is 18.0 Å². The maximum atomic E-state index is 13.4. The maximum absolute atomic E-state index is 13.4. The number of fused-ring (bicyclic) bond motifs is 1. The number of pyridine rings is 1. The van der Waals surface area contributed by atoms with Crippen LogP contribution in [0.1, 0.15) is 60.1 Å². The van der Waals surface area contributed by atoms with Crippen LogP contribution in [0.2, 0.25) is 0 Å². The molecule has 0 spiro atoms. The molecule has 0 radical (unpaired) electrons. The van der Waals surface area contributed by atoms with Gasteiger partial charge in [-0.1, -0.05) is 18.2 Å². The zero-order valence-corrected chi connectivity index (χ0v) is 18.5. The first-order valence-electron chi connectivity index (χ1n) is 11.5. The Morgan fingerprint density at radius 3 is 2.41 bits per heavy atom. The zero-order valence-electron chi connectivity index (χ0n) is 18.5. The lowest BCUT2D eigenvalue weighted by molar-refractivity contribution is -0.115. The molecule has 2 N–H and O–H groups in total. The van der Waals surface area contributed by atoms with Crippen molar-refractivity contribution in [2.24, 2.45) is 0 Å². The smallest absolute Gasteiger partial charge is 0.405 e. The fraction of sp³-hybridized carbons (Fsp3) is 0.400. The second kappa shape index (κ2) is 8.77. The summed E-state index contributed by atoms with van der Waals surface area (Å²) in [4.78, 5) is 19.6. The van der Waals surface area contributed by atoms with Gasteiger partial charge in [-0.25, -0.2) is 0 Å². The fourth-order valence-corrected chi connectivity index (χ4v) is 4.52. The van der Waals surface area contributed by atoms with Gasteiger partial charge in [0.1, 0.15) is 24.1 Å². The van der Waals surface area contributed by atoms with Gasteiger partial charge in [0.15, 0.2) is 0 Å². The quantitative estimate of drug-likeness (QED) is 0.430. The number of carbonyl (C=O) groups excluding carboxylic acids is 1. The average Bonchev–Trinajstić information content (AvgIpc) is 3.17. The summed E-state index contributed by atoms with van der Waals surface area (Å²) in [5.41, 5.74) is 1.30. The number of hydrogen-bond acceptors (Lipinski definition) is 5. The van der Waals surface area contributed by atoms with E-state index in [2.05, 4.69) is 10.3 Å².